The monoisotopic (exact) mass is 242 g/mol. The molecule has 0 aromatic rings. The van der Waals surface area contributed by atoms with E-state index in [1.54, 1.807) is 0 Å². The van der Waals surface area contributed by atoms with Crippen LogP contribution in [0.4, 0.5) is 0 Å². The smallest absolute Gasteiger partial charge is 0.340 e. The lowest BCUT2D eigenvalue weighted by Crippen LogP contribution is -2.33. The van der Waals surface area contributed by atoms with E-state index in [1.165, 1.54) is 6.92 Å². The van der Waals surface area contributed by atoms with Crippen molar-refractivity contribution in [3.05, 3.63) is 0 Å². The summed E-state index contributed by atoms with van der Waals surface area (Å²) in [4.78, 5) is 11.1. The van der Waals surface area contributed by atoms with Gasteiger partial charge in [-0.3, -0.25) is 0 Å². The van der Waals surface area contributed by atoms with E-state index in [9.17, 15) is 21.6 Å². The van der Waals surface area contributed by atoms with Crippen LogP contribution in [-0.4, -0.2) is 45.5 Å². The van der Waals surface area contributed by atoms with Crippen molar-refractivity contribution in [3.63, 3.8) is 0 Å². The van der Waals surface area contributed by atoms with Crippen molar-refractivity contribution < 1.29 is 26.4 Å². The zero-order valence-corrected chi connectivity index (χ0v) is 9.10. The molecule has 0 bridgehead atoms. The Kier molecular flexibility index (Phi) is 2.86. The number of rotatable bonds is 2. The molecule has 0 saturated carbocycles. The van der Waals surface area contributed by atoms with Gasteiger partial charge < -0.3 is 4.74 Å². The fraction of sp³-hybridized carbons (Fsp3) is 0.833. The number of carbonyl (C=O) groups excluding carboxylic acids is 1. The lowest BCUT2D eigenvalue weighted by atomic mass is 10.7. The van der Waals surface area contributed by atoms with Gasteiger partial charge in [-0.2, -0.15) is 0 Å². The SMILES string of the molecule is CCOC(=O)C1S(=O)(=O)CCS1(=O)=O. The Balaban J connectivity index is 3.11. The standard InChI is InChI=1S/C6H10O6S2/c1-2-12-5(7)6-13(8,9)3-4-14(6,10)11/h6H,2-4H2,1H3. The first-order chi connectivity index (χ1) is 6.31. The molecule has 1 aliphatic heterocycles. The molecule has 0 radical (unpaired) electrons. The Labute approximate surface area is 82.1 Å². The number of hydrogen-bond donors (Lipinski definition) is 0. The zero-order valence-electron chi connectivity index (χ0n) is 7.46. The zero-order chi connectivity index (χ0) is 11.0. The summed E-state index contributed by atoms with van der Waals surface area (Å²) in [7, 11) is -7.76. The Morgan fingerprint density at radius 3 is 2.00 bits per heavy atom. The van der Waals surface area contributed by atoms with Crippen LogP contribution >= 0.6 is 0 Å². The van der Waals surface area contributed by atoms with Gasteiger partial charge in [0.15, 0.2) is 19.7 Å². The topological polar surface area (TPSA) is 94.6 Å². The first kappa shape index (κ1) is 11.4. The summed E-state index contributed by atoms with van der Waals surface area (Å²) in [6, 6.07) is 0. The molecule has 1 rings (SSSR count). The van der Waals surface area contributed by atoms with Crippen LogP contribution in [0.1, 0.15) is 6.92 Å². The van der Waals surface area contributed by atoms with Gasteiger partial charge in [0.2, 0.25) is 0 Å². The molecule has 1 saturated heterocycles. The molecule has 0 aromatic heterocycles. The second-order valence-corrected chi connectivity index (χ2v) is 7.53. The summed E-state index contributed by atoms with van der Waals surface area (Å²) in [5.41, 5.74) is 0. The normalized spacial score (nSPS) is 24.6. The van der Waals surface area contributed by atoms with Crippen LogP contribution < -0.4 is 0 Å². The molecule has 1 fully saturated rings. The van der Waals surface area contributed by atoms with Crippen molar-refractivity contribution in [2.45, 2.75) is 11.5 Å². The third-order valence-corrected chi connectivity index (χ3v) is 7.04. The van der Waals surface area contributed by atoms with Crippen molar-refractivity contribution in [2.24, 2.45) is 0 Å². The maximum Gasteiger partial charge on any atom is 0.340 e. The highest BCUT2D eigenvalue weighted by Crippen LogP contribution is 2.21. The molecule has 0 spiro atoms. The summed E-state index contributed by atoms with van der Waals surface area (Å²) in [6.45, 7) is 1.44. The van der Waals surface area contributed by atoms with E-state index in [-0.39, 0.29) is 6.61 Å². The van der Waals surface area contributed by atoms with E-state index in [0.29, 0.717) is 0 Å². The van der Waals surface area contributed by atoms with Crippen molar-refractivity contribution in [1.29, 1.82) is 0 Å². The summed E-state index contributed by atoms with van der Waals surface area (Å²) in [5.74, 6) is -2.19. The van der Waals surface area contributed by atoms with Crippen molar-refractivity contribution in [1.82, 2.24) is 0 Å². The molecular formula is C6H10O6S2. The van der Waals surface area contributed by atoms with Crippen molar-refractivity contribution >= 4 is 25.6 Å². The minimum absolute atomic E-state index is 0.0413. The van der Waals surface area contributed by atoms with Gasteiger partial charge in [-0.1, -0.05) is 0 Å². The van der Waals surface area contributed by atoms with Crippen LogP contribution in [0.25, 0.3) is 0 Å². The molecule has 0 aliphatic carbocycles. The molecule has 6 nitrogen and oxygen atoms in total. The van der Waals surface area contributed by atoms with E-state index < -0.39 is 41.7 Å². The first-order valence-corrected chi connectivity index (χ1v) is 7.34. The van der Waals surface area contributed by atoms with Gasteiger partial charge in [0, 0.05) is 0 Å². The molecular weight excluding hydrogens is 232 g/mol. The van der Waals surface area contributed by atoms with Crippen LogP contribution in [0.5, 0.6) is 0 Å². The van der Waals surface area contributed by atoms with Gasteiger partial charge in [0.25, 0.3) is 4.58 Å². The average Bonchev–Trinajstić information content (AvgIpc) is 2.21. The Morgan fingerprint density at radius 1 is 1.21 bits per heavy atom. The minimum atomic E-state index is -3.88. The number of sulfone groups is 2. The Morgan fingerprint density at radius 2 is 1.64 bits per heavy atom. The van der Waals surface area contributed by atoms with E-state index in [0.717, 1.165) is 0 Å². The van der Waals surface area contributed by atoms with E-state index in [2.05, 4.69) is 4.74 Å². The summed E-state index contributed by atoms with van der Waals surface area (Å²) < 4.78 is 47.2. The second-order valence-electron chi connectivity index (χ2n) is 2.82. The molecule has 1 heterocycles. The molecule has 14 heavy (non-hydrogen) atoms. The third-order valence-electron chi connectivity index (χ3n) is 1.78. The summed E-state index contributed by atoms with van der Waals surface area (Å²) in [6.07, 6.45) is 0. The minimum Gasteiger partial charge on any atom is -0.464 e. The molecule has 8 heteroatoms. The molecule has 82 valence electrons. The van der Waals surface area contributed by atoms with Crippen LogP contribution in [0.2, 0.25) is 0 Å². The van der Waals surface area contributed by atoms with Gasteiger partial charge >= 0.3 is 5.97 Å². The van der Waals surface area contributed by atoms with Gasteiger partial charge in [0.1, 0.15) is 0 Å². The Hall–Kier alpha value is -0.630. The predicted octanol–water partition coefficient (Wildman–Crippen LogP) is -1.28. The predicted molar refractivity (Wildman–Crippen MR) is 48.0 cm³/mol. The molecule has 0 N–H and O–H groups in total. The van der Waals surface area contributed by atoms with Gasteiger partial charge in [-0.05, 0) is 6.92 Å². The number of hydrogen-bond acceptors (Lipinski definition) is 6. The molecule has 0 atom stereocenters. The van der Waals surface area contributed by atoms with Crippen LogP contribution in [0.3, 0.4) is 0 Å². The second kappa shape index (κ2) is 3.50. The fourth-order valence-corrected chi connectivity index (χ4v) is 6.55. The highest BCUT2D eigenvalue weighted by Gasteiger charge is 2.50. The van der Waals surface area contributed by atoms with Gasteiger partial charge in [-0.15, -0.1) is 0 Å². The maximum absolute atomic E-state index is 11.2. The van der Waals surface area contributed by atoms with Crippen LogP contribution in [0, 0.1) is 0 Å². The maximum atomic E-state index is 11.2. The first-order valence-electron chi connectivity index (χ1n) is 3.91. The highest BCUT2D eigenvalue weighted by molar-refractivity contribution is 8.13. The molecule has 1 aliphatic rings. The summed E-state index contributed by atoms with van der Waals surface area (Å²) in [5, 5.41) is 0. The molecule has 0 unspecified atom stereocenters. The van der Waals surface area contributed by atoms with Crippen LogP contribution in [-0.2, 0) is 29.2 Å². The van der Waals surface area contributed by atoms with E-state index >= 15 is 0 Å². The van der Waals surface area contributed by atoms with Gasteiger partial charge in [-0.25, -0.2) is 21.6 Å². The fourth-order valence-electron chi connectivity index (χ4n) is 1.17. The highest BCUT2D eigenvalue weighted by atomic mass is 32.3. The van der Waals surface area contributed by atoms with E-state index in [4.69, 9.17) is 0 Å². The largest absolute Gasteiger partial charge is 0.464 e. The quantitative estimate of drug-likeness (QED) is 0.560. The van der Waals surface area contributed by atoms with Crippen molar-refractivity contribution in [2.75, 3.05) is 18.1 Å². The van der Waals surface area contributed by atoms with Crippen LogP contribution in [0.15, 0.2) is 0 Å². The lowest BCUT2D eigenvalue weighted by Gasteiger charge is -2.07. The number of carbonyl (C=O) groups is 1. The molecule has 0 amide bonds. The lowest BCUT2D eigenvalue weighted by molar-refractivity contribution is -0.140. The number of ether oxygens (including phenoxy) is 1. The van der Waals surface area contributed by atoms with Gasteiger partial charge in [0.05, 0.1) is 18.1 Å². The number of esters is 1. The van der Waals surface area contributed by atoms with Crippen molar-refractivity contribution in [3.8, 4) is 0 Å². The average molecular weight is 242 g/mol. The summed E-state index contributed by atoms with van der Waals surface area (Å²) >= 11 is 0. The third kappa shape index (κ3) is 1.90. The Bertz CT molecular complexity index is 397. The van der Waals surface area contributed by atoms with E-state index in [1.807, 2.05) is 0 Å². The molecule has 0 aromatic carbocycles.